The van der Waals surface area contributed by atoms with Crippen LogP contribution in [0.5, 0.6) is 0 Å². The Hall–Kier alpha value is -1.91. The van der Waals surface area contributed by atoms with Crippen molar-refractivity contribution in [2.75, 3.05) is 24.5 Å². The van der Waals surface area contributed by atoms with Crippen LogP contribution in [0.4, 0.5) is 5.82 Å². The van der Waals surface area contributed by atoms with E-state index in [-0.39, 0.29) is 5.91 Å². The number of amides is 1. The van der Waals surface area contributed by atoms with Crippen molar-refractivity contribution in [1.82, 2.24) is 10.3 Å². The van der Waals surface area contributed by atoms with E-state index in [1.165, 1.54) is 0 Å². The van der Waals surface area contributed by atoms with Gasteiger partial charge in [-0.1, -0.05) is 0 Å². The molecule has 0 bridgehead atoms. The van der Waals surface area contributed by atoms with Gasteiger partial charge in [-0.15, -0.1) is 0 Å². The second kappa shape index (κ2) is 4.95. The summed E-state index contributed by atoms with van der Waals surface area (Å²) in [6.07, 6.45) is 2.84. The zero-order valence-corrected chi connectivity index (χ0v) is 9.77. The van der Waals surface area contributed by atoms with Crippen LogP contribution in [0.15, 0.2) is 12.3 Å². The summed E-state index contributed by atoms with van der Waals surface area (Å²) in [5.74, 6) is 0.932. The Morgan fingerprint density at radius 3 is 3.00 bits per heavy atom. The summed E-state index contributed by atoms with van der Waals surface area (Å²) in [7, 11) is 0. The Morgan fingerprint density at radius 2 is 2.29 bits per heavy atom. The number of rotatable bonds is 2. The number of carbonyl (C=O) groups is 2. The minimum Gasteiger partial charge on any atom is -0.354 e. The van der Waals surface area contributed by atoms with Crippen LogP contribution in [-0.4, -0.2) is 36.8 Å². The first kappa shape index (κ1) is 11.6. The molecule has 5 heteroatoms. The Kier molecular flexibility index (Phi) is 3.37. The summed E-state index contributed by atoms with van der Waals surface area (Å²) in [5.41, 5.74) is 1.54. The van der Waals surface area contributed by atoms with Crippen molar-refractivity contribution >= 4 is 18.0 Å². The van der Waals surface area contributed by atoms with Crippen molar-refractivity contribution in [2.24, 2.45) is 0 Å². The first-order valence-electron chi connectivity index (χ1n) is 5.64. The second-order valence-corrected chi connectivity index (χ2v) is 4.11. The molecule has 1 amide bonds. The van der Waals surface area contributed by atoms with E-state index in [0.717, 1.165) is 24.2 Å². The van der Waals surface area contributed by atoms with Crippen LogP contribution >= 0.6 is 0 Å². The van der Waals surface area contributed by atoms with E-state index >= 15 is 0 Å². The SMILES string of the molecule is Cc1cc(C=O)cnc1N1CCNC(=O)CC1. The van der Waals surface area contributed by atoms with Crippen molar-refractivity contribution in [3.05, 3.63) is 23.4 Å². The van der Waals surface area contributed by atoms with Gasteiger partial charge in [-0.05, 0) is 18.6 Å². The summed E-state index contributed by atoms with van der Waals surface area (Å²) in [6, 6.07) is 1.81. The maximum Gasteiger partial charge on any atom is 0.221 e. The lowest BCUT2D eigenvalue weighted by molar-refractivity contribution is -0.120. The van der Waals surface area contributed by atoms with E-state index in [9.17, 15) is 9.59 Å². The molecule has 0 radical (unpaired) electrons. The van der Waals surface area contributed by atoms with E-state index in [1.54, 1.807) is 6.20 Å². The quantitative estimate of drug-likeness (QED) is 0.757. The molecule has 0 spiro atoms. The fourth-order valence-corrected chi connectivity index (χ4v) is 1.96. The lowest BCUT2D eigenvalue weighted by Gasteiger charge is -2.22. The molecule has 0 aromatic carbocycles. The molecule has 1 aromatic rings. The summed E-state index contributed by atoms with van der Waals surface area (Å²) in [5, 5.41) is 2.82. The number of hydrogen-bond acceptors (Lipinski definition) is 4. The highest BCUT2D eigenvalue weighted by atomic mass is 16.1. The molecule has 0 aliphatic carbocycles. The third-order valence-electron chi connectivity index (χ3n) is 2.82. The molecular formula is C12H15N3O2. The van der Waals surface area contributed by atoms with Crippen LogP contribution in [0.2, 0.25) is 0 Å². The Morgan fingerprint density at radius 1 is 1.47 bits per heavy atom. The van der Waals surface area contributed by atoms with Crippen LogP contribution in [0.25, 0.3) is 0 Å². The molecule has 1 aliphatic rings. The number of nitrogens with zero attached hydrogens (tertiary/aromatic N) is 2. The van der Waals surface area contributed by atoms with Crippen molar-refractivity contribution in [3.8, 4) is 0 Å². The number of anilines is 1. The summed E-state index contributed by atoms with van der Waals surface area (Å²) in [4.78, 5) is 28.2. The van der Waals surface area contributed by atoms with Gasteiger partial charge < -0.3 is 10.2 Å². The first-order valence-corrected chi connectivity index (χ1v) is 5.64. The molecule has 5 nitrogen and oxygen atoms in total. The number of aromatic nitrogens is 1. The summed E-state index contributed by atoms with van der Waals surface area (Å²) < 4.78 is 0. The van der Waals surface area contributed by atoms with E-state index < -0.39 is 0 Å². The molecule has 1 saturated heterocycles. The zero-order valence-electron chi connectivity index (χ0n) is 9.77. The molecule has 0 saturated carbocycles. The number of carbonyl (C=O) groups excluding carboxylic acids is 2. The normalized spacial score (nSPS) is 16.3. The second-order valence-electron chi connectivity index (χ2n) is 4.11. The largest absolute Gasteiger partial charge is 0.354 e. The Balaban J connectivity index is 2.21. The highest BCUT2D eigenvalue weighted by molar-refractivity contribution is 5.77. The van der Waals surface area contributed by atoms with Gasteiger partial charge in [0.1, 0.15) is 5.82 Å². The van der Waals surface area contributed by atoms with Crippen LogP contribution in [0, 0.1) is 6.92 Å². The van der Waals surface area contributed by atoms with Gasteiger partial charge in [0.05, 0.1) is 0 Å². The van der Waals surface area contributed by atoms with Gasteiger partial charge in [0.25, 0.3) is 0 Å². The van der Waals surface area contributed by atoms with Crippen LogP contribution in [-0.2, 0) is 4.79 Å². The third-order valence-corrected chi connectivity index (χ3v) is 2.82. The molecule has 90 valence electrons. The minimum absolute atomic E-state index is 0.0784. The average Bonchev–Trinajstić information content (AvgIpc) is 2.54. The first-order chi connectivity index (χ1) is 8.20. The van der Waals surface area contributed by atoms with Crippen molar-refractivity contribution < 1.29 is 9.59 Å². The van der Waals surface area contributed by atoms with E-state index in [4.69, 9.17) is 0 Å². The number of aldehydes is 1. The lowest BCUT2D eigenvalue weighted by Crippen LogP contribution is -2.29. The topological polar surface area (TPSA) is 62.3 Å². The molecule has 0 atom stereocenters. The van der Waals surface area contributed by atoms with Gasteiger partial charge in [-0.3, -0.25) is 9.59 Å². The van der Waals surface area contributed by atoms with E-state index in [0.29, 0.717) is 25.1 Å². The van der Waals surface area contributed by atoms with Gasteiger partial charge in [-0.2, -0.15) is 0 Å². The minimum atomic E-state index is 0.0784. The fraction of sp³-hybridized carbons (Fsp3) is 0.417. The smallest absolute Gasteiger partial charge is 0.221 e. The predicted octanol–water partition coefficient (Wildman–Crippen LogP) is 0.529. The van der Waals surface area contributed by atoms with Crippen molar-refractivity contribution in [2.45, 2.75) is 13.3 Å². The van der Waals surface area contributed by atoms with Crippen LogP contribution in [0.3, 0.4) is 0 Å². The van der Waals surface area contributed by atoms with E-state index in [2.05, 4.69) is 15.2 Å². The monoisotopic (exact) mass is 233 g/mol. The van der Waals surface area contributed by atoms with Gasteiger partial charge >= 0.3 is 0 Å². The molecule has 0 unspecified atom stereocenters. The number of hydrogen-bond donors (Lipinski definition) is 1. The molecular weight excluding hydrogens is 218 g/mol. The summed E-state index contributed by atoms with van der Waals surface area (Å²) >= 11 is 0. The molecule has 1 N–H and O–H groups in total. The lowest BCUT2D eigenvalue weighted by atomic mass is 10.2. The van der Waals surface area contributed by atoms with Gasteiger partial charge in [0.2, 0.25) is 5.91 Å². The fourth-order valence-electron chi connectivity index (χ4n) is 1.96. The standard InChI is InChI=1S/C12H15N3O2/c1-9-6-10(8-16)7-14-12(9)15-4-2-11(17)13-3-5-15/h6-8H,2-5H2,1H3,(H,13,17). The van der Waals surface area contributed by atoms with Crippen molar-refractivity contribution in [3.63, 3.8) is 0 Å². The third kappa shape index (κ3) is 2.61. The molecule has 1 aromatic heterocycles. The number of nitrogens with one attached hydrogen (secondary N) is 1. The molecule has 1 aliphatic heterocycles. The number of aryl methyl sites for hydroxylation is 1. The molecule has 1 fully saturated rings. The average molecular weight is 233 g/mol. The van der Waals surface area contributed by atoms with Gasteiger partial charge in [-0.25, -0.2) is 4.98 Å². The zero-order chi connectivity index (χ0) is 12.3. The van der Waals surface area contributed by atoms with Crippen LogP contribution < -0.4 is 10.2 Å². The highest BCUT2D eigenvalue weighted by Gasteiger charge is 2.16. The summed E-state index contributed by atoms with van der Waals surface area (Å²) in [6.45, 7) is 3.98. The van der Waals surface area contributed by atoms with Gasteiger partial charge in [0.15, 0.2) is 6.29 Å². The number of pyridine rings is 1. The van der Waals surface area contributed by atoms with E-state index in [1.807, 2.05) is 13.0 Å². The van der Waals surface area contributed by atoms with Crippen molar-refractivity contribution in [1.29, 1.82) is 0 Å². The Labute approximate surface area is 99.8 Å². The highest BCUT2D eigenvalue weighted by Crippen LogP contribution is 2.18. The molecule has 17 heavy (non-hydrogen) atoms. The maximum atomic E-state index is 11.2. The maximum absolute atomic E-state index is 11.2. The van der Waals surface area contributed by atoms with Crippen LogP contribution in [0.1, 0.15) is 22.3 Å². The molecule has 2 heterocycles. The molecule has 2 rings (SSSR count). The predicted molar refractivity (Wildman–Crippen MR) is 64.2 cm³/mol. The van der Waals surface area contributed by atoms with Gasteiger partial charge in [0, 0.05) is 37.8 Å². The Bertz CT molecular complexity index is 445.